The maximum absolute atomic E-state index is 12.6. The number of aromatic amines is 1. The molecule has 23 heavy (non-hydrogen) atoms. The summed E-state index contributed by atoms with van der Waals surface area (Å²) in [5.74, 6) is 0. The van der Waals surface area contributed by atoms with Gasteiger partial charge in [-0.3, -0.25) is 9.36 Å². The van der Waals surface area contributed by atoms with Gasteiger partial charge in [-0.15, -0.1) is 0 Å². The third-order valence-corrected chi connectivity index (χ3v) is 4.15. The van der Waals surface area contributed by atoms with Crippen LogP contribution in [0.25, 0.3) is 21.8 Å². The molecule has 0 aliphatic carbocycles. The summed E-state index contributed by atoms with van der Waals surface area (Å²) in [5.41, 5.74) is 9.28. The number of nitrogens with one attached hydrogen (secondary N) is 1. The van der Waals surface area contributed by atoms with Crippen molar-refractivity contribution in [2.24, 2.45) is 0 Å². The normalized spacial score (nSPS) is 11.3. The van der Waals surface area contributed by atoms with Crippen molar-refractivity contribution in [2.75, 3.05) is 5.73 Å². The first-order chi connectivity index (χ1) is 11.2. The van der Waals surface area contributed by atoms with E-state index in [1.807, 2.05) is 24.4 Å². The van der Waals surface area contributed by atoms with Crippen LogP contribution in [-0.4, -0.2) is 14.5 Å². The first kappa shape index (κ1) is 13.6. The summed E-state index contributed by atoms with van der Waals surface area (Å²) in [5, 5.41) is 1.75. The number of fused-ring (bicyclic) bond motifs is 2. The number of rotatable bonds is 3. The lowest BCUT2D eigenvalue weighted by Crippen LogP contribution is -2.21. The Morgan fingerprint density at radius 1 is 1.13 bits per heavy atom. The molecule has 2 heterocycles. The molecular weight excluding hydrogens is 288 g/mol. The molecule has 0 spiro atoms. The van der Waals surface area contributed by atoms with E-state index in [9.17, 15) is 4.79 Å². The molecule has 5 nitrogen and oxygen atoms in total. The summed E-state index contributed by atoms with van der Waals surface area (Å²) >= 11 is 0. The Morgan fingerprint density at radius 3 is 2.91 bits per heavy atom. The van der Waals surface area contributed by atoms with Crippen LogP contribution < -0.4 is 11.3 Å². The van der Waals surface area contributed by atoms with Gasteiger partial charge in [-0.05, 0) is 36.2 Å². The third kappa shape index (κ3) is 2.36. The van der Waals surface area contributed by atoms with Crippen molar-refractivity contribution in [1.29, 1.82) is 0 Å². The average Bonchev–Trinajstić information content (AvgIpc) is 2.98. The monoisotopic (exact) mass is 304 g/mol. The molecule has 0 saturated heterocycles. The van der Waals surface area contributed by atoms with E-state index in [4.69, 9.17) is 5.73 Å². The second kappa shape index (κ2) is 5.28. The van der Waals surface area contributed by atoms with Crippen molar-refractivity contribution >= 4 is 27.5 Å². The fourth-order valence-electron chi connectivity index (χ4n) is 2.92. The first-order valence-electron chi connectivity index (χ1n) is 7.52. The van der Waals surface area contributed by atoms with E-state index in [0.29, 0.717) is 23.1 Å². The predicted molar refractivity (Wildman–Crippen MR) is 92.4 cm³/mol. The molecular formula is C18H16N4O. The zero-order valence-electron chi connectivity index (χ0n) is 12.5. The van der Waals surface area contributed by atoms with Gasteiger partial charge in [-0.2, -0.15) is 0 Å². The average molecular weight is 304 g/mol. The van der Waals surface area contributed by atoms with Crippen molar-refractivity contribution in [3.63, 3.8) is 0 Å². The molecule has 4 aromatic rings. The highest BCUT2D eigenvalue weighted by Crippen LogP contribution is 2.18. The molecule has 0 fully saturated rings. The first-order valence-corrected chi connectivity index (χ1v) is 7.52. The van der Waals surface area contributed by atoms with Gasteiger partial charge in [0.05, 0.1) is 17.2 Å². The highest BCUT2D eigenvalue weighted by molar-refractivity contribution is 5.83. The van der Waals surface area contributed by atoms with E-state index in [2.05, 4.69) is 16.0 Å². The summed E-state index contributed by atoms with van der Waals surface area (Å²) in [6.45, 7) is 0.582. The summed E-state index contributed by atoms with van der Waals surface area (Å²) < 4.78 is 1.64. The van der Waals surface area contributed by atoms with Gasteiger partial charge >= 0.3 is 0 Å². The minimum Gasteiger partial charge on any atom is -0.399 e. The largest absolute Gasteiger partial charge is 0.399 e. The second-order valence-corrected chi connectivity index (χ2v) is 5.63. The minimum atomic E-state index is -0.0536. The smallest absolute Gasteiger partial charge is 0.261 e. The lowest BCUT2D eigenvalue weighted by Gasteiger charge is -2.06. The lowest BCUT2D eigenvalue weighted by atomic mass is 10.1. The zero-order chi connectivity index (χ0) is 15.8. The summed E-state index contributed by atoms with van der Waals surface area (Å²) in [7, 11) is 0. The molecule has 0 aliphatic rings. The van der Waals surface area contributed by atoms with Gasteiger partial charge in [0.2, 0.25) is 0 Å². The number of nitrogen functional groups attached to an aromatic ring is 1. The molecule has 0 amide bonds. The van der Waals surface area contributed by atoms with Crippen molar-refractivity contribution in [3.05, 3.63) is 70.9 Å². The van der Waals surface area contributed by atoms with Crippen LogP contribution in [0.3, 0.4) is 0 Å². The predicted octanol–water partition coefficient (Wildman–Crippen LogP) is 2.70. The van der Waals surface area contributed by atoms with Crippen molar-refractivity contribution in [1.82, 2.24) is 14.5 Å². The van der Waals surface area contributed by atoms with Gasteiger partial charge in [0.15, 0.2) is 0 Å². The molecule has 0 aliphatic heterocycles. The lowest BCUT2D eigenvalue weighted by molar-refractivity contribution is 0.664. The molecule has 0 saturated carbocycles. The van der Waals surface area contributed by atoms with Gasteiger partial charge in [0, 0.05) is 29.3 Å². The topological polar surface area (TPSA) is 76.7 Å². The number of nitrogens with zero attached hydrogens (tertiary/aromatic N) is 2. The van der Waals surface area contributed by atoms with E-state index in [1.165, 1.54) is 10.9 Å². The zero-order valence-corrected chi connectivity index (χ0v) is 12.5. The van der Waals surface area contributed by atoms with Crippen LogP contribution in [0.2, 0.25) is 0 Å². The van der Waals surface area contributed by atoms with Crippen molar-refractivity contribution in [3.8, 4) is 0 Å². The maximum atomic E-state index is 12.6. The molecule has 0 radical (unpaired) electrons. The Bertz CT molecular complexity index is 1060. The molecule has 2 aromatic heterocycles. The van der Waals surface area contributed by atoms with Crippen LogP contribution in [0.15, 0.2) is 59.8 Å². The van der Waals surface area contributed by atoms with Gasteiger partial charge in [-0.1, -0.05) is 18.2 Å². The third-order valence-electron chi connectivity index (χ3n) is 4.15. The standard InChI is InChI=1S/C18H16N4O/c19-13-5-6-17-15(9-13)18(23)22(11-21-17)8-7-12-10-20-16-4-2-1-3-14(12)16/h1-6,9-11,20H,7-8,19H2. The molecule has 5 heteroatoms. The molecule has 0 atom stereocenters. The van der Waals surface area contributed by atoms with Crippen LogP contribution in [0.4, 0.5) is 5.69 Å². The second-order valence-electron chi connectivity index (χ2n) is 5.63. The van der Waals surface area contributed by atoms with Gasteiger partial charge in [0.1, 0.15) is 0 Å². The summed E-state index contributed by atoms with van der Waals surface area (Å²) in [4.78, 5) is 20.2. The number of aryl methyl sites for hydroxylation is 2. The molecule has 0 bridgehead atoms. The number of hydrogen-bond donors (Lipinski definition) is 2. The van der Waals surface area contributed by atoms with Gasteiger partial charge in [0.25, 0.3) is 5.56 Å². The Morgan fingerprint density at radius 2 is 2.00 bits per heavy atom. The van der Waals surface area contributed by atoms with E-state index < -0.39 is 0 Å². The number of benzene rings is 2. The summed E-state index contributed by atoms with van der Waals surface area (Å²) in [6, 6.07) is 13.4. The Kier molecular flexibility index (Phi) is 3.12. The number of hydrogen-bond acceptors (Lipinski definition) is 3. The van der Waals surface area contributed by atoms with Gasteiger partial charge < -0.3 is 10.7 Å². The maximum Gasteiger partial charge on any atom is 0.261 e. The number of para-hydroxylation sites is 1. The van der Waals surface area contributed by atoms with Crippen molar-refractivity contribution in [2.45, 2.75) is 13.0 Å². The molecule has 3 N–H and O–H groups in total. The Labute approximate surface area is 132 Å². The highest BCUT2D eigenvalue weighted by Gasteiger charge is 2.07. The number of nitrogens with two attached hydrogens (primary N) is 1. The highest BCUT2D eigenvalue weighted by atomic mass is 16.1. The quantitative estimate of drug-likeness (QED) is 0.571. The van der Waals surface area contributed by atoms with E-state index in [0.717, 1.165) is 11.9 Å². The molecule has 0 unspecified atom stereocenters. The van der Waals surface area contributed by atoms with Crippen LogP contribution in [-0.2, 0) is 13.0 Å². The SMILES string of the molecule is Nc1ccc2ncn(CCc3c[nH]c4ccccc34)c(=O)c2c1. The molecule has 4 rings (SSSR count). The van der Waals surface area contributed by atoms with Crippen molar-refractivity contribution < 1.29 is 0 Å². The van der Waals surface area contributed by atoms with E-state index in [-0.39, 0.29) is 5.56 Å². The number of anilines is 1. The Hall–Kier alpha value is -3.08. The minimum absolute atomic E-state index is 0.0536. The number of aromatic nitrogens is 3. The number of H-pyrrole nitrogens is 1. The fraction of sp³-hybridized carbons (Fsp3) is 0.111. The van der Waals surface area contributed by atoms with Crippen LogP contribution in [0.5, 0.6) is 0 Å². The van der Waals surface area contributed by atoms with Crippen LogP contribution in [0.1, 0.15) is 5.56 Å². The summed E-state index contributed by atoms with van der Waals surface area (Å²) in [6.07, 6.45) is 4.37. The Balaban J connectivity index is 1.68. The molecule has 114 valence electrons. The van der Waals surface area contributed by atoms with Crippen LogP contribution in [0, 0.1) is 0 Å². The van der Waals surface area contributed by atoms with Gasteiger partial charge in [-0.25, -0.2) is 4.98 Å². The fourth-order valence-corrected chi connectivity index (χ4v) is 2.92. The molecule has 2 aromatic carbocycles. The van der Waals surface area contributed by atoms with E-state index >= 15 is 0 Å². The van der Waals surface area contributed by atoms with Crippen LogP contribution >= 0.6 is 0 Å². The van der Waals surface area contributed by atoms with E-state index in [1.54, 1.807) is 29.1 Å².